The number of hydrogen-bond acceptors (Lipinski definition) is 3. The summed E-state index contributed by atoms with van der Waals surface area (Å²) in [5.41, 5.74) is 5.50. The van der Waals surface area contributed by atoms with Gasteiger partial charge in [-0.15, -0.1) is 0 Å². The molecule has 0 radical (unpaired) electrons. The molecule has 58 valence electrons. The fraction of sp³-hybridized carbons (Fsp3) is 0.143. The molecule has 4 heteroatoms. The monoisotopic (exact) mass is 154 g/mol. The fourth-order valence-corrected chi connectivity index (χ4v) is 0.749. The molecule has 1 rings (SSSR count). The number of nitrogens with zero attached hydrogens (tertiary/aromatic N) is 1. The van der Waals surface area contributed by atoms with Gasteiger partial charge in [0.2, 0.25) is 0 Å². The molecule has 2 N–H and O–H groups in total. The van der Waals surface area contributed by atoms with Crippen LogP contribution in [0.4, 0.5) is 10.1 Å². The first kappa shape index (κ1) is 7.65. The SMILES string of the molecule is CC(=O)c1ncc(F)cc1N. The number of carbonyl (C=O) groups is 1. The average molecular weight is 154 g/mol. The zero-order chi connectivity index (χ0) is 8.43. The van der Waals surface area contributed by atoms with Gasteiger partial charge < -0.3 is 5.73 Å². The third kappa shape index (κ3) is 1.52. The summed E-state index contributed by atoms with van der Waals surface area (Å²) in [4.78, 5) is 14.2. The van der Waals surface area contributed by atoms with Gasteiger partial charge in [-0.3, -0.25) is 4.79 Å². The Bertz CT molecular complexity index is 298. The van der Waals surface area contributed by atoms with Crippen molar-refractivity contribution in [3.63, 3.8) is 0 Å². The maximum atomic E-state index is 12.4. The second-order valence-corrected chi connectivity index (χ2v) is 2.15. The van der Waals surface area contributed by atoms with Gasteiger partial charge in [-0.25, -0.2) is 9.37 Å². The van der Waals surface area contributed by atoms with Gasteiger partial charge in [0.25, 0.3) is 0 Å². The van der Waals surface area contributed by atoms with Crippen LogP contribution in [0.25, 0.3) is 0 Å². The van der Waals surface area contributed by atoms with Crippen LogP contribution in [0.2, 0.25) is 0 Å². The van der Waals surface area contributed by atoms with Crippen molar-refractivity contribution in [2.75, 3.05) is 5.73 Å². The molecule has 0 aromatic carbocycles. The Morgan fingerprint density at radius 2 is 2.36 bits per heavy atom. The van der Waals surface area contributed by atoms with E-state index in [1.165, 1.54) is 6.92 Å². The van der Waals surface area contributed by atoms with E-state index in [-0.39, 0.29) is 17.2 Å². The zero-order valence-corrected chi connectivity index (χ0v) is 5.97. The minimum absolute atomic E-state index is 0.0810. The average Bonchev–Trinajstić information content (AvgIpc) is 1.85. The van der Waals surface area contributed by atoms with Gasteiger partial charge in [0.15, 0.2) is 5.78 Å². The first-order valence-corrected chi connectivity index (χ1v) is 3.03. The first-order valence-electron chi connectivity index (χ1n) is 3.03. The lowest BCUT2D eigenvalue weighted by Crippen LogP contribution is -2.03. The van der Waals surface area contributed by atoms with E-state index in [1.54, 1.807) is 0 Å². The second-order valence-electron chi connectivity index (χ2n) is 2.15. The number of aromatic nitrogens is 1. The molecule has 1 aromatic rings. The van der Waals surface area contributed by atoms with Gasteiger partial charge in [-0.2, -0.15) is 0 Å². The molecule has 11 heavy (non-hydrogen) atoms. The molecule has 0 atom stereocenters. The van der Waals surface area contributed by atoms with Crippen molar-refractivity contribution in [3.8, 4) is 0 Å². The highest BCUT2D eigenvalue weighted by Crippen LogP contribution is 2.09. The molecule has 3 nitrogen and oxygen atoms in total. The summed E-state index contributed by atoms with van der Waals surface area (Å²) in [6.45, 7) is 1.33. The van der Waals surface area contributed by atoms with E-state index in [1.807, 2.05) is 0 Å². The van der Waals surface area contributed by atoms with Crippen LogP contribution >= 0.6 is 0 Å². The fourth-order valence-electron chi connectivity index (χ4n) is 0.749. The van der Waals surface area contributed by atoms with Crippen molar-refractivity contribution in [3.05, 3.63) is 23.8 Å². The van der Waals surface area contributed by atoms with E-state index in [2.05, 4.69) is 4.98 Å². The molecule has 0 saturated heterocycles. The maximum Gasteiger partial charge on any atom is 0.180 e. The summed E-state index contributed by atoms with van der Waals surface area (Å²) < 4.78 is 12.4. The van der Waals surface area contributed by atoms with Gasteiger partial charge >= 0.3 is 0 Å². The zero-order valence-electron chi connectivity index (χ0n) is 5.97. The van der Waals surface area contributed by atoms with E-state index in [9.17, 15) is 9.18 Å². The van der Waals surface area contributed by atoms with Crippen LogP contribution in [0.5, 0.6) is 0 Å². The Balaban J connectivity index is 3.20. The Morgan fingerprint density at radius 3 is 2.82 bits per heavy atom. The van der Waals surface area contributed by atoms with E-state index in [4.69, 9.17) is 5.73 Å². The van der Waals surface area contributed by atoms with Crippen LogP contribution in [0.1, 0.15) is 17.4 Å². The standard InChI is InChI=1S/C7H7FN2O/c1-4(11)7-6(9)2-5(8)3-10-7/h2-3H,9H2,1H3. The number of carbonyl (C=O) groups excluding carboxylic acids is 1. The maximum absolute atomic E-state index is 12.4. The minimum Gasteiger partial charge on any atom is -0.397 e. The molecular weight excluding hydrogens is 147 g/mol. The summed E-state index contributed by atoms with van der Waals surface area (Å²) >= 11 is 0. The van der Waals surface area contributed by atoms with E-state index in [0.717, 1.165) is 12.3 Å². The highest BCUT2D eigenvalue weighted by atomic mass is 19.1. The second kappa shape index (κ2) is 2.65. The lowest BCUT2D eigenvalue weighted by atomic mass is 10.2. The Labute approximate surface area is 63.0 Å². The molecule has 0 spiro atoms. The third-order valence-electron chi connectivity index (χ3n) is 1.22. The van der Waals surface area contributed by atoms with Gasteiger partial charge in [0.1, 0.15) is 11.5 Å². The van der Waals surface area contributed by atoms with Crippen LogP contribution in [0.3, 0.4) is 0 Å². The molecule has 0 aliphatic rings. The molecule has 1 aromatic heterocycles. The normalized spacial score (nSPS) is 9.64. The predicted octanol–water partition coefficient (Wildman–Crippen LogP) is 1.01. The Hall–Kier alpha value is -1.45. The van der Waals surface area contributed by atoms with Crippen molar-refractivity contribution < 1.29 is 9.18 Å². The van der Waals surface area contributed by atoms with Crippen LogP contribution in [-0.2, 0) is 0 Å². The van der Waals surface area contributed by atoms with E-state index >= 15 is 0 Å². The molecule has 1 heterocycles. The summed E-state index contributed by atoms with van der Waals surface area (Å²) in [7, 11) is 0. The lowest BCUT2D eigenvalue weighted by molar-refractivity contribution is 0.101. The third-order valence-corrected chi connectivity index (χ3v) is 1.22. The summed E-state index contributed by atoms with van der Waals surface area (Å²) in [5, 5.41) is 0. The van der Waals surface area contributed by atoms with Crippen molar-refractivity contribution in [2.24, 2.45) is 0 Å². The number of Topliss-reactive ketones (excluding diaryl/α,β-unsaturated/α-hetero) is 1. The van der Waals surface area contributed by atoms with E-state index < -0.39 is 5.82 Å². The van der Waals surface area contributed by atoms with Crippen LogP contribution < -0.4 is 5.73 Å². The lowest BCUT2D eigenvalue weighted by Gasteiger charge is -1.98. The number of hydrogen-bond donors (Lipinski definition) is 1. The van der Waals surface area contributed by atoms with Crippen molar-refractivity contribution in [1.82, 2.24) is 4.98 Å². The molecule has 0 saturated carbocycles. The number of rotatable bonds is 1. The number of halogens is 1. The molecule has 0 unspecified atom stereocenters. The molecule has 0 bridgehead atoms. The van der Waals surface area contributed by atoms with Crippen LogP contribution in [0, 0.1) is 5.82 Å². The van der Waals surface area contributed by atoms with Gasteiger partial charge in [0, 0.05) is 13.0 Å². The van der Waals surface area contributed by atoms with Crippen molar-refractivity contribution in [2.45, 2.75) is 6.92 Å². The molecule has 0 aliphatic carbocycles. The number of pyridine rings is 1. The van der Waals surface area contributed by atoms with E-state index in [0.29, 0.717) is 0 Å². The largest absolute Gasteiger partial charge is 0.397 e. The highest BCUT2D eigenvalue weighted by molar-refractivity contribution is 5.96. The minimum atomic E-state index is -0.535. The predicted molar refractivity (Wildman–Crippen MR) is 38.6 cm³/mol. The van der Waals surface area contributed by atoms with Gasteiger partial charge in [0.05, 0.1) is 11.9 Å². The molecule has 0 amide bonds. The van der Waals surface area contributed by atoms with Crippen molar-refractivity contribution >= 4 is 11.5 Å². The quantitative estimate of drug-likeness (QED) is 0.614. The smallest absolute Gasteiger partial charge is 0.180 e. The Morgan fingerprint density at radius 1 is 1.73 bits per heavy atom. The topological polar surface area (TPSA) is 56.0 Å². The number of nitrogen functional groups attached to an aromatic ring is 1. The highest BCUT2D eigenvalue weighted by Gasteiger charge is 2.05. The summed E-state index contributed by atoms with van der Waals surface area (Å²) in [6, 6.07) is 1.07. The summed E-state index contributed by atoms with van der Waals surface area (Å²) in [5.74, 6) is -0.796. The molecule has 0 fully saturated rings. The number of anilines is 1. The van der Waals surface area contributed by atoms with Crippen LogP contribution in [0.15, 0.2) is 12.3 Å². The Kier molecular flexibility index (Phi) is 1.85. The van der Waals surface area contributed by atoms with Crippen LogP contribution in [-0.4, -0.2) is 10.8 Å². The van der Waals surface area contributed by atoms with Gasteiger partial charge in [-0.1, -0.05) is 0 Å². The van der Waals surface area contributed by atoms with Gasteiger partial charge in [-0.05, 0) is 0 Å². The molecule has 0 aliphatic heterocycles. The number of nitrogens with two attached hydrogens (primary N) is 1. The summed E-state index contributed by atoms with van der Waals surface area (Å²) in [6.07, 6.45) is 0.965. The number of ketones is 1. The van der Waals surface area contributed by atoms with Crippen molar-refractivity contribution in [1.29, 1.82) is 0 Å². The first-order chi connectivity index (χ1) is 5.11. The molecular formula is C7H7FN2O.